The lowest BCUT2D eigenvalue weighted by Gasteiger charge is -2.32. The summed E-state index contributed by atoms with van der Waals surface area (Å²) in [5, 5.41) is 1.20. The molecule has 0 unspecified atom stereocenters. The Hall–Kier alpha value is -0.385. The maximum atomic E-state index is 6.05. The van der Waals surface area contributed by atoms with Crippen LogP contribution in [-0.2, 0) is 15.7 Å². The summed E-state index contributed by atoms with van der Waals surface area (Å²) >= 11 is 1.73. The SMILES string of the molecule is CCCCCCc1ncc(B2OC(C)(C)C(C)(C)O2)s1. The molecule has 1 aliphatic heterocycles. The second-order valence-corrected chi connectivity index (χ2v) is 7.70. The number of aryl methyl sites for hydroxylation is 1. The minimum Gasteiger partial charge on any atom is -0.399 e. The number of nitrogens with zero attached hydrogens (tertiary/aromatic N) is 1. The molecular formula is C15H26BNO2S. The van der Waals surface area contributed by atoms with Crippen molar-refractivity contribution in [2.45, 2.75) is 77.9 Å². The molecule has 2 rings (SSSR count). The van der Waals surface area contributed by atoms with Gasteiger partial charge >= 0.3 is 7.12 Å². The van der Waals surface area contributed by atoms with Crippen molar-refractivity contribution in [3.05, 3.63) is 11.2 Å². The van der Waals surface area contributed by atoms with Gasteiger partial charge in [0.15, 0.2) is 0 Å². The number of unbranched alkanes of at least 4 members (excludes halogenated alkanes) is 3. The maximum Gasteiger partial charge on any atom is 0.507 e. The van der Waals surface area contributed by atoms with E-state index in [4.69, 9.17) is 9.31 Å². The molecule has 1 fully saturated rings. The molecule has 0 aromatic carbocycles. The second-order valence-electron chi connectivity index (χ2n) is 6.56. The first-order valence-electron chi connectivity index (χ1n) is 7.66. The Kier molecular flexibility index (Phi) is 4.93. The van der Waals surface area contributed by atoms with E-state index >= 15 is 0 Å². The molecule has 1 aromatic rings. The summed E-state index contributed by atoms with van der Waals surface area (Å²) in [6, 6.07) is 0. The molecule has 5 heteroatoms. The minimum atomic E-state index is -0.275. The lowest BCUT2D eigenvalue weighted by atomic mass is 9.89. The summed E-state index contributed by atoms with van der Waals surface area (Å²) in [5.74, 6) is 0. The van der Waals surface area contributed by atoms with Gasteiger partial charge in [0.1, 0.15) is 0 Å². The summed E-state index contributed by atoms with van der Waals surface area (Å²) in [5.41, 5.74) is -0.550. The van der Waals surface area contributed by atoms with Crippen LogP contribution >= 0.6 is 11.3 Å². The van der Waals surface area contributed by atoms with Crippen molar-refractivity contribution in [1.82, 2.24) is 4.98 Å². The zero-order chi connectivity index (χ0) is 14.8. The zero-order valence-corrected chi connectivity index (χ0v) is 14.2. The normalized spacial score (nSPS) is 20.6. The number of thiazole rings is 1. The Balaban J connectivity index is 1.93. The topological polar surface area (TPSA) is 31.4 Å². The van der Waals surface area contributed by atoms with Gasteiger partial charge in [-0.2, -0.15) is 0 Å². The molecule has 0 aliphatic carbocycles. The van der Waals surface area contributed by atoms with Crippen molar-refractivity contribution in [3.63, 3.8) is 0 Å². The summed E-state index contributed by atoms with van der Waals surface area (Å²) in [7, 11) is -0.262. The molecule has 3 nitrogen and oxygen atoms in total. The molecule has 0 saturated carbocycles. The first-order chi connectivity index (χ1) is 9.36. The Morgan fingerprint density at radius 3 is 2.35 bits per heavy atom. The average Bonchev–Trinajstić information content (AvgIpc) is 2.89. The van der Waals surface area contributed by atoms with Crippen LogP contribution in [0.15, 0.2) is 6.20 Å². The lowest BCUT2D eigenvalue weighted by Crippen LogP contribution is -2.41. The Morgan fingerprint density at radius 1 is 1.10 bits per heavy atom. The van der Waals surface area contributed by atoms with Crippen molar-refractivity contribution < 1.29 is 9.31 Å². The van der Waals surface area contributed by atoms with Crippen LogP contribution in [-0.4, -0.2) is 23.3 Å². The van der Waals surface area contributed by atoms with Crippen molar-refractivity contribution in [3.8, 4) is 0 Å². The lowest BCUT2D eigenvalue weighted by molar-refractivity contribution is 0.00578. The Bertz CT molecular complexity index is 429. The fraction of sp³-hybridized carbons (Fsp3) is 0.800. The van der Waals surface area contributed by atoms with Gasteiger partial charge in [-0.15, -0.1) is 11.3 Å². The van der Waals surface area contributed by atoms with E-state index < -0.39 is 0 Å². The van der Waals surface area contributed by atoms with Gasteiger partial charge in [-0.3, -0.25) is 4.98 Å². The summed E-state index contributed by atoms with van der Waals surface area (Å²) in [4.78, 5) is 4.51. The highest BCUT2D eigenvalue weighted by Crippen LogP contribution is 2.36. The van der Waals surface area contributed by atoms with Crippen LogP contribution in [0.25, 0.3) is 0 Å². The summed E-state index contributed by atoms with van der Waals surface area (Å²) < 4.78 is 13.2. The van der Waals surface area contributed by atoms with Gasteiger partial charge in [0, 0.05) is 6.20 Å². The predicted molar refractivity (Wildman–Crippen MR) is 85.7 cm³/mol. The van der Waals surface area contributed by atoms with E-state index in [0.29, 0.717) is 0 Å². The van der Waals surface area contributed by atoms with Crippen LogP contribution in [0.1, 0.15) is 65.3 Å². The second kappa shape index (κ2) is 6.16. The van der Waals surface area contributed by atoms with Crippen molar-refractivity contribution in [1.29, 1.82) is 0 Å². The van der Waals surface area contributed by atoms with E-state index in [1.165, 1.54) is 30.7 Å². The van der Waals surface area contributed by atoms with Crippen LogP contribution in [0.4, 0.5) is 0 Å². The smallest absolute Gasteiger partial charge is 0.399 e. The number of rotatable bonds is 6. The van der Waals surface area contributed by atoms with Crippen molar-refractivity contribution in [2.24, 2.45) is 0 Å². The minimum absolute atomic E-state index is 0.262. The molecular weight excluding hydrogens is 269 g/mol. The molecule has 1 saturated heterocycles. The van der Waals surface area contributed by atoms with E-state index in [2.05, 4.69) is 39.6 Å². The van der Waals surface area contributed by atoms with E-state index in [1.54, 1.807) is 11.3 Å². The quantitative estimate of drug-likeness (QED) is 0.594. The van der Waals surface area contributed by atoms with E-state index in [-0.39, 0.29) is 18.3 Å². The van der Waals surface area contributed by atoms with Gasteiger partial charge in [-0.1, -0.05) is 26.2 Å². The fourth-order valence-electron chi connectivity index (χ4n) is 2.21. The molecule has 1 aliphatic rings. The molecule has 112 valence electrons. The van der Waals surface area contributed by atoms with Gasteiger partial charge in [0.2, 0.25) is 0 Å². The largest absolute Gasteiger partial charge is 0.507 e. The van der Waals surface area contributed by atoms with Gasteiger partial charge < -0.3 is 9.31 Å². The molecule has 20 heavy (non-hydrogen) atoms. The van der Waals surface area contributed by atoms with Gasteiger partial charge in [-0.25, -0.2) is 0 Å². The number of aromatic nitrogens is 1. The highest BCUT2D eigenvalue weighted by atomic mass is 32.1. The van der Waals surface area contributed by atoms with Crippen molar-refractivity contribution in [2.75, 3.05) is 0 Å². The van der Waals surface area contributed by atoms with Crippen LogP contribution in [0, 0.1) is 0 Å². The highest BCUT2D eigenvalue weighted by molar-refractivity contribution is 7.22. The zero-order valence-electron chi connectivity index (χ0n) is 13.4. The van der Waals surface area contributed by atoms with Crippen LogP contribution in [0.3, 0.4) is 0 Å². The third kappa shape index (κ3) is 3.44. The van der Waals surface area contributed by atoms with Gasteiger partial charge in [0.25, 0.3) is 0 Å². The van der Waals surface area contributed by atoms with Crippen LogP contribution in [0.2, 0.25) is 0 Å². The molecule has 0 atom stereocenters. The molecule has 0 N–H and O–H groups in total. The monoisotopic (exact) mass is 295 g/mol. The molecule has 1 aromatic heterocycles. The van der Waals surface area contributed by atoms with Crippen LogP contribution < -0.4 is 4.78 Å². The maximum absolute atomic E-state index is 6.05. The van der Waals surface area contributed by atoms with Crippen LogP contribution in [0.5, 0.6) is 0 Å². The Labute approximate surface area is 127 Å². The first kappa shape index (κ1) is 16.0. The molecule has 0 bridgehead atoms. The number of hydrogen-bond donors (Lipinski definition) is 0. The average molecular weight is 295 g/mol. The molecule has 0 radical (unpaired) electrons. The van der Waals surface area contributed by atoms with E-state index in [1.807, 2.05) is 6.20 Å². The highest BCUT2D eigenvalue weighted by Gasteiger charge is 2.52. The van der Waals surface area contributed by atoms with E-state index in [9.17, 15) is 0 Å². The standard InChI is InChI=1S/C15H26BNO2S/c1-6-7-8-9-10-13-17-11-12(20-13)16-18-14(2,3)15(4,5)19-16/h11H,6-10H2,1-5H3. The fourth-order valence-corrected chi connectivity index (χ4v) is 3.13. The Morgan fingerprint density at radius 2 is 1.75 bits per heavy atom. The van der Waals surface area contributed by atoms with E-state index in [0.717, 1.165) is 11.2 Å². The summed E-state index contributed by atoms with van der Waals surface area (Å²) in [6.45, 7) is 10.6. The number of hydrogen-bond acceptors (Lipinski definition) is 4. The molecule has 0 amide bonds. The summed E-state index contributed by atoms with van der Waals surface area (Å²) in [6.07, 6.45) is 8.10. The third-order valence-electron chi connectivity index (χ3n) is 4.30. The molecule has 0 spiro atoms. The third-order valence-corrected chi connectivity index (χ3v) is 5.38. The van der Waals surface area contributed by atoms with Gasteiger partial charge in [0.05, 0.1) is 21.0 Å². The van der Waals surface area contributed by atoms with Crippen molar-refractivity contribution >= 4 is 23.2 Å². The van der Waals surface area contributed by atoms with Gasteiger partial charge in [-0.05, 0) is 40.5 Å². The molecule has 2 heterocycles. The predicted octanol–water partition coefficient (Wildman–Crippen LogP) is 3.57. The first-order valence-corrected chi connectivity index (χ1v) is 8.47.